The van der Waals surface area contributed by atoms with Crippen LogP contribution in [0.5, 0.6) is 0 Å². The quantitative estimate of drug-likeness (QED) is 0.627. The molecule has 0 unspecified atom stereocenters. The van der Waals surface area contributed by atoms with Crippen molar-refractivity contribution in [2.24, 2.45) is 0 Å². The smallest absolute Gasteiger partial charge is 0.340 e. The number of benzene rings is 1. The summed E-state index contributed by atoms with van der Waals surface area (Å²) in [6.45, 7) is 5.37. The normalized spacial score (nSPS) is 11.9. The highest BCUT2D eigenvalue weighted by Gasteiger charge is 2.24. The van der Waals surface area contributed by atoms with Crippen molar-refractivity contribution >= 4 is 17.6 Å². The minimum atomic E-state index is -1.25. The zero-order valence-electron chi connectivity index (χ0n) is 16.2. The number of para-hydroxylation sites is 1. The number of aryl methyl sites for hydroxylation is 1. The summed E-state index contributed by atoms with van der Waals surface area (Å²) in [6.07, 6.45) is 0.312. The van der Waals surface area contributed by atoms with Crippen LogP contribution in [0.1, 0.15) is 34.4 Å². The lowest BCUT2D eigenvalue weighted by atomic mass is 10.2. The maximum atomic E-state index is 13.7. The van der Waals surface area contributed by atoms with Gasteiger partial charge in [0.25, 0.3) is 5.91 Å². The first-order valence-electron chi connectivity index (χ1n) is 8.93. The van der Waals surface area contributed by atoms with Crippen molar-refractivity contribution in [3.8, 4) is 0 Å². The van der Waals surface area contributed by atoms with Gasteiger partial charge in [-0.25, -0.2) is 13.6 Å². The van der Waals surface area contributed by atoms with E-state index in [1.54, 1.807) is 25.3 Å². The number of anilines is 1. The Kier molecular flexibility index (Phi) is 5.81. The predicted octanol–water partition coefficient (Wildman–Crippen LogP) is 4.21. The molecular weight excluding hydrogens is 382 g/mol. The summed E-state index contributed by atoms with van der Waals surface area (Å²) in [5.41, 5.74) is 1.18. The van der Waals surface area contributed by atoms with Gasteiger partial charge in [-0.05, 0) is 51.1 Å². The molecule has 1 atom stereocenters. The van der Waals surface area contributed by atoms with Crippen molar-refractivity contribution in [1.82, 2.24) is 4.57 Å². The summed E-state index contributed by atoms with van der Waals surface area (Å²) >= 11 is 0. The Morgan fingerprint density at radius 2 is 1.86 bits per heavy atom. The van der Waals surface area contributed by atoms with E-state index in [4.69, 9.17) is 9.15 Å². The zero-order valence-corrected chi connectivity index (χ0v) is 16.2. The summed E-state index contributed by atoms with van der Waals surface area (Å²) in [7, 11) is 0. The van der Waals surface area contributed by atoms with Crippen LogP contribution >= 0.6 is 0 Å². The molecule has 2 heterocycles. The molecule has 29 heavy (non-hydrogen) atoms. The van der Waals surface area contributed by atoms with Gasteiger partial charge in [0.05, 0.1) is 18.4 Å². The van der Waals surface area contributed by atoms with Gasteiger partial charge in [-0.1, -0.05) is 6.07 Å². The summed E-state index contributed by atoms with van der Waals surface area (Å²) in [5.74, 6) is -2.66. The van der Waals surface area contributed by atoms with Crippen molar-refractivity contribution in [2.75, 3.05) is 5.32 Å². The topological polar surface area (TPSA) is 73.5 Å². The Morgan fingerprint density at radius 1 is 1.17 bits per heavy atom. The number of amides is 1. The maximum absolute atomic E-state index is 13.7. The molecular formula is C21H20F2N2O4. The SMILES string of the molecule is Cc1cc(C(=O)O[C@@H](C)C(=O)Nc2c(F)cccc2F)c(C)n1Cc1ccco1. The van der Waals surface area contributed by atoms with Gasteiger partial charge in [-0.15, -0.1) is 0 Å². The second-order valence-corrected chi connectivity index (χ2v) is 6.58. The second kappa shape index (κ2) is 8.30. The molecule has 0 aliphatic rings. The van der Waals surface area contributed by atoms with Crippen LogP contribution in [0.3, 0.4) is 0 Å². The number of esters is 1. The molecule has 0 radical (unpaired) electrons. The molecule has 0 fully saturated rings. The minimum Gasteiger partial charge on any atom is -0.467 e. The molecule has 1 N–H and O–H groups in total. The van der Waals surface area contributed by atoms with Crippen LogP contribution in [0.25, 0.3) is 0 Å². The summed E-state index contributed by atoms with van der Waals surface area (Å²) in [4.78, 5) is 24.8. The van der Waals surface area contributed by atoms with Gasteiger partial charge in [0, 0.05) is 11.4 Å². The Morgan fingerprint density at radius 3 is 2.48 bits per heavy atom. The van der Waals surface area contributed by atoms with Crippen LogP contribution in [-0.2, 0) is 16.1 Å². The number of nitrogens with zero attached hydrogens (tertiary/aromatic N) is 1. The fourth-order valence-corrected chi connectivity index (χ4v) is 2.93. The number of furan rings is 1. The van der Waals surface area contributed by atoms with E-state index in [2.05, 4.69) is 5.32 Å². The highest BCUT2D eigenvalue weighted by atomic mass is 19.1. The molecule has 1 aromatic carbocycles. The van der Waals surface area contributed by atoms with Crippen molar-refractivity contribution in [3.63, 3.8) is 0 Å². The summed E-state index contributed by atoms with van der Waals surface area (Å²) < 4.78 is 39.8. The molecule has 152 valence electrons. The largest absolute Gasteiger partial charge is 0.467 e. The van der Waals surface area contributed by atoms with Crippen molar-refractivity contribution in [1.29, 1.82) is 0 Å². The lowest BCUT2D eigenvalue weighted by Gasteiger charge is -2.14. The van der Waals surface area contributed by atoms with Gasteiger partial charge in [0.1, 0.15) is 23.1 Å². The van der Waals surface area contributed by atoms with Crippen molar-refractivity contribution in [3.05, 3.63) is 77.0 Å². The van der Waals surface area contributed by atoms with Gasteiger partial charge < -0.3 is 19.0 Å². The fourth-order valence-electron chi connectivity index (χ4n) is 2.93. The monoisotopic (exact) mass is 402 g/mol. The van der Waals surface area contributed by atoms with E-state index in [-0.39, 0.29) is 0 Å². The van der Waals surface area contributed by atoms with Crippen molar-refractivity contribution < 1.29 is 27.5 Å². The van der Waals surface area contributed by atoms with E-state index >= 15 is 0 Å². The first kappa shape index (κ1) is 20.3. The molecule has 0 saturated heterocycles. The Balaban J connectivity index is 1.70. The molecule has 0 saturated carbocycles. The average Bonchev–Trinajstić information content (AvgIpc) is 3.28. The van der Waals surface area contributed by atoms with Crippen LogP contribution in [0, 0.1) is 25.5 Å². The molecule has 0 aliphatic heterocycles. The third-order valence-electron chi connectivity index (χ3n) is 4.55. The van der Waals surface area contributed by atoms with E-state index in [1.165, 1.54) is 13.0 Å². The highest BCUT2D eigenvalue weighted by Crippen LogP contribution is 2.21. The fraction of sp³-hybridized carbons (Fsp3) is 0.238. The van der Waals surface area contributed by atoms with Gasteiger partial charge in [-0.3, -0.25) is 4.79 Å². The number of hydrogen-bond acceptors (Lipinski definition) is 4. The lowest BCUT2D eigenvalue weighted by Crippen LogP contribution is -2.30. The van der Waals surface area contributed by atoms with E-state index in [9.17, 15) is 18.4 Å². The average molecular weight is 402 g/mol. The van der Waals surface area contributed by atoms with Crippen LogP contribution in [0.4, 0.5) is 14.5 Å². The Bertz CT molecular complexity index is 1020. The maximum Gasteiger partial charge on any atom is 0.340 e. The zero-order chi connectivity index (χ0) is 21.1. The van der Waals surface area contributed by atoms with E-state index in [1.807, 2.05) is 17.6 Å². The lowest BCUT2D eigenvalue weighted by molar-refractivity contribution is -0.123. The van der Waals surface area contributed by atoms with Crippen LogP contribution in [-0.4, -0.2) is 22.5 Å². The minimum absolute atomic E-state index is 0.297. The third kappa shape index (κ3) is 4.37. The van der Waals surface area contributed by atoms with Gasteiger partial charge in [-0.2, -0.15) is 0 Å². The third-order valence-corrected chi connectivity index (χ3v) is 4.55. The van der Waals surface area contributed by atoms with Crippen LogP contribution in [0.15, 0.2) is 47.1 Å². The van der Waals surface area contributed by atoms with E-state index in [0.717, 1.165) is 23.6 Å². The Labute approximate surface area is 166 Å². The summed E-state index contributed by atoms with van der Waals surface area (Å²) in [5, 5.41) is 2.11. The molecule has 2 aromatic heterocycles. The molecule has 3 rings (SSSR count). The van der Waals surface area contributed by atoms with Gasteiger partial charge >= 0.3 is 5.97 Å². The molecule has 0 spiro atoms. The number of halogens is 2. The number of carbonyl (C=O) groups excluding carboxylic acids is 2. The van der Waals surface area contributed by atoms with Gasteiger partial charge in [0.15, 0.2) is 6.10 Å². The Hall–Kier alpha value is -3.42. The second-order valence-electron chi connectivity index (χ2n) is 6.58. The molecule has 1 amide bonds. The number of nitrogens with one attached hydrogen (secondary N) is 1. The highest BCUT2D eigenvalue weighted by molar-refractivity contribution is 5.98. The van der Waals surface area contributed by atoms with E-state index in [0.29, 0.717) is 17.8 Å². The standard InChI is InChI=1S/C21H20F2N2O4/c1-12-10-16(13(2)25(12)11-15-6-5-9-28-15)21(27)29-14(3)20(26)24-19-17(22)7-4-8-18(19)23/h4-10,14H,11H2,1-3H3,(H,24,26)/t14-/m0/s1. The number of aromatic nitrogens is 1. The first-order chi connectivity index (χ1) is 13.8. The molecule has 3 aromatic rings. The van der Waals surface area contributed by atoms with E-state index < -0.39 is 35.3 Å². The van der Waals surface area contributed by atoms with Crippen LogP contribution in [0.2, 0.25) is 0 Å². The number of carbonyl (C=O) groups is 2. The molecule has 0 aliphatic carbocycles. The summed E-state index contributed by atoms with van der Waals surface area (Å²) in [6, 6.07) is 8.47. The van der Waals surface area contributed by atoms with Crippen molar-refractivity contribution in [2.45, 2.75) is 33.4 Å². The molecule has 0 bridgehead atoms. The molecule has 6 nitrogen and oxygen atoms in total. The number of ether oxygens (including phenoxy) is 1. The number of hydrogen-bond donors (Lipinski definition) is 1. The first-order valence-corrected chi connectivity index (χ1v) is 8.93. The number of rotatable bonds is 6. The van der Waals surface area contributed by atoms with Crippen LogP contribution < -0.4 is 5.32 Å². The predicted molar refractivity (Wildman–Crippen MR) is 102 cm³/mol. The molecule has 8 heteroatoms. The van der Waals surface area contributed by atoms with Gasteiger partial charge in [0.2, 0.25) is 0 Å².